The van der Waals surface area contributed by atoms with Crippen LogP contribution in [0.1, 0.15) is 0 Å². The van der Waals surface area contributed by atoms with Crippen LogP contribution in [0.15, 0.2) is 186 Å². The zero-order valence-corrected chi connectivity index (χ0v) is 31.7. The van der Waals surface area contributed by atoms with Crippen LogP contribution in [0.3, 0.4) is 0 Å². The SMILES string of the molecule is c1ccc(-c2nc(-c3cccc(-c4cccc5c4sc4c5ccc5c(-c6ccccc6)nc6ccccc6c54)c3)nc(-c3ccc4c(c3)oc3ccccc34)n2)cc1. The first kappa shape index (κ1) is 32.7. The molecule has 0 atom stereocenters. The molecule has 0 radical (unpaired) electrons. The Hall–Kier alpha value is -7.54. The van der Waals surface area contributed by atoms with Gasteiger partial charge in [0.15, 0.2) is 17.5 Å². The van der Waals surface area contributed by atoms with Crippen molar-refractivity contribution in [3.05, 3.63) is 182 Å². The second-order valence-corrected chi connectivity index (χ2v) is 15.6. The number of thiophene rings is 1. The minimum absolute atomic E-state index is 0.590. The van der Waals surface area contributed by atoms with E-state index in [2.05, 4.69) is 127 Å². The first-order valence-corrected chi connectivity index (χ1v) is 20.1. The predicted octanol–water partition coefficient (Wildman–Crippen LogP) is 14.2. The molecule has 0 aliphatic heterocycles. The number of furan rings is 1. The summed E-state index contributed by atoms with van der Waals surface area (Å²) in [6.07, 6.45) is 0. The maximum atomic E-state index is 6.26. The van der Waals surface area contributed by atoms with Gasteiger partial charge in [-0.2, -0.15) is 0 Å². The molecule has 0 N–H and O–H groups in total. The van der Waals surface area contributed by atoms with Crippen molar-refractivity contribution in [1.82, 2.24) is 19.9 Å². The standard InChI is InChI=1S/C52H30N4OS/c1-3-13-31(14-4-1)47-42-28-27-40-39-22-12-21-36(48(39)58-49(40)46(42)41-20-7-9-23-43(41)53-47)33-17-11-18-34(29-33)51-54-50(32-15-5-2-6-16-32)55-52(56-51)35-25-26-38-37-19-8-10-24-44(37)57-45(38)30-35/h1-30H. The van der Waals surface area contributed by atoms with Crippen molar-refractivity contribution in [3.8, 4) is 56.5 Å². The summed E-state index contributed by atoms with van der Waals surface area (Å²) in [5, 5.41) is 8.21. The fourth-order valence-electron chi connectivity index (χ4n) is 8.37. The predicted molar refractivity (Wildman–Crippen MR) is 240 cm³/mol. The number of para-hydroxylation sites is 2. The Labute approximate surface area is 336 Å². The van der Waals surface area contributed by atoms with Gasteiger partial charge in [-0.25, -0.2) is 19.9 Å². The number of hydrogen-bond donors (Lipinski definition) is 0. The van der Waals surface area contributed by atoms with E-state index in [-0.39, 0.29) is 0 Å². The highest BCUT2D eigenvalue weighted by molar-refractivity contribution is 7.27. The summed E-state index contributed by atoms with van der Waals surface area (Å²) in [4.78, 5) is 20.4. The van der Waals surface area contributed by atoms with E-state index in [1.165, 1.54) is 31.1 Å². The number of hydrogen-bond acceptors (Lipinski definition) is 6. The molecule has 58 heavy (non-hydrogen) atoms. The third-order valence-electron chi connectivity index (χ3n) is 11.1. The van der Waals surface area contributed by atoms with E-state index in [9.17, 15) is 0 Å². The molecule has 5 nitrogen and oxygen atoms in total. The second kappa shape index (κ2) is 13.0. The van der Waals surface area contributed by atoms with Gasteiger partial charge >= 0.3 is 0 Å². The van der Waals surface area contributed by atoms with Crippen molar-refractivity contribution in [3.63, 3.8) is 0 Å². The van der Waals surface area contributed by atoms with E-state index in [1.807, 2.05) is 65.9 Å². The molecule has 0 saturated heterocycles. The minimum atomic E-state index is 0.590. The normalized spacial score (nSPS) is 11.8. The molecule has 0 amide bonds. The van der Waals surface area contributed by atoms with Gasteiger partial charge in [-0.1, -0.05) is 152 Å². The fourth-order valence-corrected chi connectivity index (χ4v) is 9.77. The zero-order chi connectivity index (χ0) is 38.2. The molecule has 8 aromatic carbocycles. The summed E-state index contributed by atoms with van der Waals surface area (Å²) in [7, 11) is 0. The van der Waals surface area contributed by atoms with Gasteiger partial charge in [-0.05, 0) is 41.5 Å². The van der Waals surface area contributed by atoms with E-state index in [4.69, 9.17) is 24.4 Å². The van der Waals surface area contributed by atoms with Crippen LogP contribution in [0.5, 0.6) is 0 Å². The molecule has 0 aliphatic carbocycles. The van der Waals surface area contributed by atoms with Crippen LogP contribution in [0.4, 0.5) is 0 Å². The number of aromatic nitrogens is 4. The quantitative estimate of drug-likeness (QED) is 0.164. The number of benzene rings is 8. The maximum Gasteiger partial charge on any atom is 0.164 e. The molecule has 0 spiro atoms. The molecule has 270 valence electrons. The minimum Gasteiger partial charge on any atom is -0.456 e. The van der Waals surface area contributed by atoms with Gasteiger partial charge in [-0.15, -0.1) is 11.3 Å². The van der Waals surface area contributed by atoms with Crippen LogP contribution in [0.2, 0.25) is 0 Å². The van der Waals surface area contributed by atoms with Gasteiger partial charge in [0, 0.05) is 69.4 Å². The van der Waals surface area contributed by atoms with E-state index in [0.717, 1.165) is 71.7 Å². The van der Waals surface area contributed by atoms with Crippen molar-refractivity contribution in [1.29, 1.82) is 0 Å². The van der Waals surface area contributed by atoms with Gasteiger partial charge in [0.25, 0.3) is 0 Å². The van der Waals surface area contributed by atoms with Gasteiger partial charge in [0.2, 0.25) is 0 Å². The molecule has 0 fully saturated rings. The molecule has 4 heterocycles. The monoisotopic (exact) mass is 758 g/mol. The smallest absolute Gasteiger partial charge is 0.164 e. The highest BCUT2D eigenvalue weighted by Gasteiger charge is 2.19. The third-order valence-corrected chi connectivity index (χ3v) is 12.4. The van der Waals surface area contributed by atoms with Crippen molar-refractivity contribution in [2.45, 2.75) is 0 Å². The van der Waals surface area contributed by atoms with Crippen LogP contribution in [0, 0.1) is 0 Å². The molecule has 0 saturated carbocycles. The largest absolute Gasteiger partial charge is 0.456 e. The van der Waals surface area contributed by atoms with Crippen molar-refractivity contribution in [2.75, 3.05) is 0 Å². The van der Waals surface area contributed by atoms with E-state index in [1.54, 1.807) is 0 Å². The number of fused-ring (bicyclic) bond motifs is 10. The van der Waals surface area contributed by atoms with Crippen LogP contribution in [-0.4, -0.2) is 19.9 Å². The Morgan fingerprint density at radius 3 is 1.74 bits per heavy atom. The molecular formula is C52H30N4OS. The lowest BCUT2D eigenvalue weighted by Crippen LogP contribution is -2.00. The molecule has 12 rings (SSSR count). The lowest BCUT2D eigenvalue weighted by Gasteiger charge is -2.11. The summed E-state index contributed by atoms with van der Waals surface area (Å²) in [5.74, 6) is 1.81. The van der Waals surface area contributed by atoms with Crippen LogP contribution < -0.4 is 0 Å². The zero-order valence-electron chi connectivity index (χ0n) is 30.9. The van der Waals surface area contributed by atoms with Gasteiger partial charge in [0.1, 0.15) is 11.2 Å². The van der Waals surface area contributed by atoms with Crippen molar-refractivity contribution in [2.24, 2.45) is 0 Å². The molecular weight excluding hydrogens is 729 g/mol. The van der Waals surface area contributed by atoms with Gasteiger partial charge in [0.05, 0.1) is 11.2 Å². The lowest BCUT2D eigenvalue weighted by molar-refractivity contribution is 0.669. The molecule has 0 bridgehead atoms. The summed E-state index contributed by atoms with van der Waals surface area (Å²) in [6.45, 7) is 0. The lowest BCUT2D eigenvalue weighted by atomic mass is 9.97. The topological polar surface area (TPSA) is 64.7 Å². The summed E-state index contributed by atoms with van der Waals surface area (Å²) in [6, 6.07) is 63.2. The van der Waals surface area contributed by atoms with Crippen LogP contribution >= 0.6 is 11.3 Å². The number of nitrogens with zero attached hydrogens (tertiary/aromatic N) is 4. The van der Waals surface area contributed by atoms with Gasteiger partial charge in [-0.3, -0.25) is 0 Å². The van der Waals surface area contributed by atoms with Crippen molar-refractivity contribution < 1.29 is 4.42 Å². The third kappa shape index (κ3) is 5.23. The Balaban J connectivity index is 1.03. The summed E-state index contributed by atoms with van der Waals surface area (Å²) < 4.78 is 8.77. The Bertz CT molecular complexity index is 3570. The molecule has 6 heteroatoms. The summed E-state index contributed by atoms with van der Waals surface area (Å²) >= 11 is 1.86. The molecule has 0 unspecified atom stereocenters. The maximum absolute atomic E-state index is 6.26. The van der Waals surface area contributed by atoms with E-state index < -0.39 is 0 Å². The Kier molecular flexibility index (Phi) is 7.33. The Morgan fingerprint density at radius 2 is 0.914 bits per heavy atom. The van der Waals surface area contributed by atoms with Gasteiger partial charge < -0.3 is 4.42 Å². The number of pyridine rings is 1. The Morgan fingerprint density at radius 1 is 0.345 bits per heavy atom. The highest BCUT2D eigenvalue weighted by atomic mass is 32.1. The highest BCUT2D eigenvalue weighted by Crippen LogP contribution is 2.46. The fraction of sp³-hybridized carbons (Fsp3) is 0. The average molecular weight is 759 g/mol. The molecule has 0 aliphatic rings. The second-order valence-electron chi connectivity index (χ2n) is 14.6. The van der Waals surface area contributed by atoms with Crippen LogP contribution in [0.25, 0.3) is 120 Å². The van der Waals surface area contributed by atoms with Crippen LogP contribution in [-0.2, 0) is 0 Å². The van der Waals surface area contributed by atoms with Crippen molar-refractivity contribution >= 4 is 75.1 Å². The summed E-state index contributed by atoms with van der Waals surface area (Å²) in [5.41, 5.74) is 9.75. The molecule has 4 aromatic heterocycles. The van der Waals surface area contributed by atoms with E-state index >= 15 is 0 Å². The number of rotatable bonds is 5. The molecule has 12 aromatic rings. The average Bonchev–Trinajstić information content (AvgIpc) is 3.87. The first-order valence-electron chi connectivity index (χ1n) is 19.3. The first-order chi connectivity index (χ1) is 28.7. The van der Waals surface area contributed by atoms with E-state index in [0.29, 0.717) is 17.5 Å².